The number of nitrogens with zero attached hydrogens (tertiary/aromatic N) is 1. The summed E-state index contributed by atoms with van der Waals surface area (Å²) in [6.45, 7) is 2.20. The summed E-state index contributed by atoms with van der Waals surface area (Å²) in [7, 11) is 0. The number of rotatable bonds is 5. The van der Waals surface area contributed by atoms with E-state index < -0.39 is 10.9 Å². The lowest BCUT2D eigenvalue weighted by Crippen LogP contribution is -2.09. The minimum Gasteiger partial charge on any atom is -0.462 e. The zero-order valence-corrected chi connectivity index (χ0v) is 10.1. The summed E-state index contributed by atoms with van der Waals surface area (Å²) in [5, 5.41) is 11.0. The molecule has 1 aromatic rings. The molecule has 17 heavy (non-hydrogen) atoms. The molecule has 0 radical (unpaired) electrons. The van der Waals surface area contributed by atoms with Gasteiger partial charge in [0, 0.05) is 11.1 Å². The molecule has 0 spiro atoms. The SMILES string of the molecule is CCCCOC(=O)c1cc(Cl)ccc1[N+](=O)[O-]. The summed E-state index contributed by atoms with van der Waals surface area (Å²) in [5.41, 5.74) is -0.408. The van der Waals surface area contributed by atoms with Gasteiger partial charge in [-0.3, -0.25) is 10.1 Å². The molecule has 1 aromatic carbocycles. The van der Waals surface area contributed by atoms with E-state index in [9.17, 15) is 14.9 Å². The first-order chi connectivity index (χ1) is 8.06. The molecule has 92 valence electrons. The minimum atomic E-state index is -0.715. The zero-order chi connectivity index (χ0) is 12.8. The average Bonchev–Trinajstić information content (AvgIpc) is 2.28. The molecule has 0 saturated carbocycles. The fraction of sp³-hybridized carbons (Fsp3) is 0.364. The number of hydrogen-bond donors (Lipinski definition) is 0. The van der Waals surface area contributed by atoms with E-state index in [4.69, 9.17) is 16.3 Å². The first kappa shape index (κ1) is 13.4. The van der Waals surface area contributed by atoms with E-state index >= 15 is 0 Å². The lowest BCUT2D eigenvalue weighted by atomic mass is 10.2. The summed E-state index contributed by atoms with van der Waals surface area (Å²) in [5.74, 6) is -0.715. The Kier molecular flexibility index (Phi) is 4.90. The predicted molar refractivity (Wildman–Crippen MR) is 63.3 cm³/mol. The predicted octanol–water partition coefficient (Wildman–Crippen LogP) is 3.21. The van der Waals surface area contributed by atoms with E-state index in [1.807, 2.05) is 6.92 Å². The van der Waals surface area contributed by atoms with Gasteiger partial charge in [-0.25, -0.2) is 4.79 Å². The van der Waals surface area contributed by atoms with Gasteiger partial charge >= 0.3 is 5.97 Å². The Morgan fingerprint density at radius 3 is 2.82 bits per heavy atom. The normalized spacial score (nSPS) is 10.0. The summed E-state index contributed by atoms with van der Waals surface area (Å²) >= 11 is 5.70. The van der Waals surface area contributed by atoms with Crippen LogP contribution in [0.5, 0.6) is 0 Å². The van der Waals surface area contributed by atoms with E-state index in [2.05, 4.69) is 0 Å². The molecule has 0 aliphatic heterocycles. The number of hydrogen-bond acceptors (Lipinski definition) is 4. The van der Waals surface area contributed by atoms with Gasteiger partial charge in [-0.2, -0.15) is 0 Å². The van der Waals surface area contributed by atoms with Crippen molar-refractivity contribution in [1.82, 2.24) is 0 Å². The van der Waals surface area contributed by atoms with Crippen molar-refractivity contribution in [3.8, 4) is 0 Å². The molecule has 5 nitrogen and oxygen atoms in total. The Labute approximate surface area is 103 Å². The molecule has 0 aromatic heterocycles. The van der Waals surface area contributed by atoms with E-state index in [-0.39, 0.29) is 22.9 Å². The van der Waals surface area contributed by atoms with Crippen LogP contribution in [0.1, 0.15) is 30.1 Å². The highest BCUT2D eigenvalue weighted by molar-refractivity contribution is 6.31. The van der Waals surface area contributed by atoms with Gasteiger partial charge in [0.25, 0.3) is 5.69 Å². The van der Waals surface area contributed by atoms with E-state index in [1.54, 1.807) is 0 Å². The molecule has 0 aliphatic carbocycles. The summed E-state index contributed by atoms with van der Waals surface area (Å²) in [6, 6.07) is 3.80. The minimum absolute atomic E-state index is 0.112. The second-order valence-electron chi connectivity index (χ2n) is 3.41. The van der Waals surface area contributed by atoms with Gasteiger partial charge in [0.2, 0.25) is 0 Å². The lowest BCUT2D eigenvalue weighted by molar-refractivity contribution is -0.385. The summed E-state index contributed by atoms with van der Waals surface area (Å²) in [4.78, 5) is 21.7. The van der Waals surface area contributed by atoms with Crippen LogP contribution in [0.25, 0.3) is 0 Å². The van der Waals surface area contributed by atoms with Crippen LogP contribution in [0.4, 0.5) is 5.69 Å². The van der Waals surface area contributed by atoms with Crippen LogP contribution in [0, 0.1) is 10.1 Å². The number of unbranched alkanes of at least 4 members (excludes halogenated alkanes) is 1. The topological polar surface area (TPSA) is 69.4 Å². The number of halogens is 1. The molecule has 0 atom stereocenters. The highest BCUT2D eigenvalue weighted by Crippen LogP contribution is 2.23. The van der Waals surface area contributed by atoms with Crippen molar-refractivity contribution in [2.75, 3.05) is 6.61 Å². The first-order valence-electron chi connectivity index (χ1n) is 5.17. The largest absolute Gasteiger partial charge is 0.462 e. The monoisotopic (exact) mass is 257 g/mol. The summed E-state index contributed by atoms with van der Waals surface area (Å²) < 4.78 is 4.91. The number of nitro groups is 1. The maximum Gasteiger partial charge on any atom is 0.345 e. The van der Waals surface area contributed by atoms with Gasteiger partial charge in [-0.05, 0) is 18.6 Å². The van der Waals surface area contributed by atoms with Crippen LogP contribution < -0.4 is 0 Å². The van der Waals surface area contributed by atoms with Crippen molar-refractivity contribution in [1.29, 1.82) is 0 Å². The number of ether oxygens (including phenoxy) is 1. The van der Waals surface area contributed by atoms with Gasteiger partial charge in [0.1, 0.15) is 5.56 Å². The molecule has 0 N–H and O–H groups in total. The third-order valence-corrected chi connectivity index (χ3v) is 2.34. The smallest absolute Gasteiger partial charge is 0.345 e. The molecule has 0 aliphatic rings. The van der Waals surface area contributed by atoms with Crippen molar-refractivity contribution in [3.05, 3.63) is 38.9 Å². The van der Waals surface area contributed by atoms with Crippen molar-refractivity contribution < 1.29 is 14.5 Å². The zero-order valence-electron chi connectivity index (χ0n) is 9.31. The molecule has 0 amide bonds. The Morgan fingerprint density at radius 2 is 2.24 bits per heavy atom. The van der Waals surface area contributed by atoms with Crippen LogP contribution in [0.15, 0.2) is 18.2 Å². The Balaban J connectivity index is 2.90. The second-order valence-corrected chi connectivity index (χ2v) is 3.84. The van der Waals surface area contributed by atoms with Crippen LogP contribution in [-0.2, 0) is 4.74 Å². The standard InChI is InChI=1S/C11H12ClNO4/c1-2-3-6-17-11(14)9-7-8(12)4-5-10(9)13(15)16/h4-5,7H,2-3,6H2,1H3. The number of nitro benzene ring substituents is 1. The number of carbonyl (C=O) groups excluding carboxylic acids is 1. The fourth-order valence-electron chi connectivity index (χ4n) is 1.22. The van der Waals surface area contributed by atoms with Gasteiger partial charge in [0.05, 0.1) is 11.5 Å². The lowest BCUT2D eigenvalue weighted by Gasteiger charge is -2.04. The van der Waals surface area contributed by atoms with Gasteiger partial charge in [-0.1, -0.05) is 24.9 Å². The van der Waals surface area contributed by atoms with Crippen LogP contribution in [0.3, 0.4) is 0 Å². The average molecular weight is 258 g/mol. The van der Waals surface area contributed by atoms with E-state index in [1.165, 1.54) is 18.2 Å². The van der Waals surface area contributed by atoms with Crippen LogP contribution in [0.2, 0.25) is 5.02 Å². The molecule has 0 unspecified atom stereocenters. The van der Waals surface area contributed by atoms with Gasteiger partial charge in [-0.15, -0.1) is 0 Å². The van der Waals surface area contributed by atoms with Crippen molar-refractivity contribution in [3.63, 3.8) is 0 Å². The molecule has 0 saturated heterocycles. The van der Waals surface area contributed by atoms with Gasteiger partial charge < -0.3 is 4.74 Å². The van der Waals surface area contributed by atoms with E-state index in [0.29, 0.717) is 0 Å². The maximum atomic E-state index is 11.6. The number of benzene rings is 1. The molecule has 0 fully saturated rings. The fourth-order valence-corrected chi connectivity index (χ4v) is 1.39. The van der Waals surface area contributed by atoms with Crippen LogP contribution in [-0.4, -0.2) is 17.5 Å². The molecular weight excluding hydrogens is 246 g/mol. The van der Waals surface area contributed by atoms with Gasteiger partial charge in [0.15, 0.2) is 0 Å². The quantitative estimate of drug-likeness (QED) is 0.351. The van der Waals surface area contributed by atoms with E-state index in [0.717, 1.165) is 12.8 Å². The number of carbonyl (C=O) groups is 1. The third kappa shape index (κ3) is 3.71. The Hall–Kier alpha value is -1.62. The molecule has 6 heteroatoms. The van der Waals surface area contributed by atoms with Crippen molar-refractivity contribution >= 4 is 23.3 Å². The Morgan fingerprint density at radius 1 is 1.53 bits per heavy atom. The molecule has 1 rings (SSSR count). The van der Waals surface area contributed by atoms with Crippen molar-refractivity contribution in [2.24, 2.45) is 0 Å². The van der Waals surface area contributed by atoms with Crippen LogP contribution >= 0.6 is 11.6 Å². The maximum absolute atomic E-state index is 11.6. The highest BCUT2D eigenvalue weighted by Gasteiger charge is 2.21. The molecule has 0 bridgehead atoms. The summed E-state index contributed by atoms with van der Waals surface area (Å²) in [6.07, 6.45) is 1.60. The third-order valence-electron chi connectivity index (χ3n) is 2.11. The highest BCUT2D eigenvalue weighted by atomic mass is 35.5. The Bertz CT molecular complexity index is 433. The number of esters is 1. The molecule has 0 heterocycles. The van der Waals surface area contributed by atoms with Crippen molar-refractivity contribution in [2.45, 2.75) is 19.8 Å². The molecular formula is C11H12ClNO4. The second kappa shape index (κ2) is 6.20. The first-order valence-corrected chi connectivity index (χ1v) is 5.55.